The van der Waals surface area contributed by atoms with Crippen LogP contribution in [0.1, 0.15) is 24.8 Å². The maximum atomic E-state index is 13.9. The minimum absolute atomic E-state index is 0.0456. The predicted molar refractivity (Wildman–Crippen MR) is 62.1 cm³/mol. The van der Waals surface area contributed by atoms with E-state index in [1.807, 2.05) is 0 Å². The topological polar surface area (TPSA) is 69.2 Å². The van der Waals surface area contributed by atoms with Crippen LogP contribution in [0.25, 0.3) is 0 Å². The Morgan fingerprint density at radius 1 is 1.47 bits per heavy atom. The zero-order valence-corrected chi connectivity index (χ0v) is 9.49. The van der Waals surface area contributed by atoms with Gasteiger partial charge in [-0.15, -0.1) is 0 Å². The van der Waals surface area contributed by atoms with Gasteiger partial charge in [0, 0.05) is 6.07 Å². The molecule has 0 aromatic heterocycles. The Bertz CT molecular complexity index is 439. The molecule has 1 aliphatic carbocycles. The van der Waals surface area contributed by atoms with Crippen molar-refractivity contribution in [3.05, 3.63) is 39.7 Å². The number of benzene rings is 1. The standard InChI is InChI=1S/C12H15FN2O2/c13-11-9(3-1-4-10(11)15(16)17)7-12(8-14)5-2-6-12/h1,3-4H,2,5-8,14H2. The van der Waals surface area contributed by atoms with Crippen LogP contribution < -0.4 is 5.73 Å². The SMILES string of the molecule is NCC1(Cc2cccc([N+](=O)[O-])c2F)CCC1. The molecular formula is C12H15FN2O2. The molecule has 0 bridgehead atoms. The number of rotatable bonds is 4. The third-order valence-electron chi connectivity index (χ3n) is 3.67. The fourth-order valence-corrected chi connectivity index (χ4v) is 2.38. The van der Waals surface area contributed by atoms with Crippen molar-refractivity contribution in [1.82, 2.24) is 0 Å². The van der Waals surface area contributed by atoms with Gasteiger partial charge >= 0.3 is 5.69 Å². The van der Waals surface area contributed by atoms with Crippen molar-refractivity contribution in [2.45, 2.75) is 25.7 Å². The quantitative estimate of drug-likeness (QED) is 0.646. The van der Waals surface area contributed by atoms with Gasteiger partial charge in [0.2, 0.25) is 5.82 Å². The molecule has 2 rings (SSSR count). The van der Waals surface area contributed by atoms with Crippen molar-refractivity contribution in [1.29, 1.82) is 0 Å². The van der Waals surface area contributed by atoms with Crippen LogP contribution in [0.5, 0.6) is 0 Å². The molecule has 2 N–H and O–H groups in total. The Morgan fingerprint density at radius 3 is 2.65 bits per heavy atom. The summed E-state index contributed by atoms with van der Waals surface area (Å²) in [5.74, 6) is -0.711. The van der Waals surface area contributed by atoms with Crippen LogP contribution >= 0.6 is 0 Å². The molecule has 1 aromatic rings. The maximum absolute atomic E-state index is 13.9. The molecule has 0 radical (unpaired) electrons. The number of hydrogen-bond donors (Lipinski definition) is 1. The van der Waals surface area contributed by atoms with Gasteiger partial charge in [-0.2, -0.15) is 4.39 Å². The van der Waals surface area contributed by atoms with Crippen LogP contribution in [0, 0.1) is 21.3 Å². The molecule has 0 amide bonds. The van der Waals surface area contributed by atoms with Gasteiger partial charge in [0.1, 0.15) is 0 Å². The van der Waals surface area contributed by atoms with E-state index in [1.54, 1.807) is 6.07 Å². The number of hydrogen-bond acceptors (Lipinski definition) is 3. The van der Waals surface area contributed by atoms with Gasteiger partial charge in [-0.05, 0) is 36.8 Å². The molecule has 92 valence electrons. The van der Waals surface area contributed by atoms with Crippen molar-refractivity contribution in [2.24, 2.45) is 11.1 Å². The van der Waals surface area contributed by atoms with Crippen LogP contribution in [0.15, 0.2) is 18.2 Å². The highest BCUT2D eigenvalue weighted by molar-refractivity contribution is 5.37. The van der Waals surface area contributed by atoms with E-state index in [0.717, 1.165) is 19.3 Å². The summed E-state index contributed by atoms with van der Waals surface area (Å²) in [7, 11) is 0. The molecule has 1 aromatic carbocycles. The molecular weight excluding hydrogens is 223 g/mol. The van der Waals surface area contributed by atoms with Crippen LogP contribution in [-0.2, 0) is 6.42 Å². The number of halogens is 1. The van der Waals surface area contributed by atoms with E-state index in [0.29, 0.717) is 18.5 Å². The minimum atomic E-state index is -0.711. The minimum Gasteiger partial charge on any atom is -0.330 e. The second-order valence-corrected chi connectivity index (χ2v) is 4.74. The van der Waals surface area contributed by atoms with Crippen LogP contribution in [-0.4, -0.2) is 11.5 Å². The first kappa shape index (κ1) is 12.0. The Labute approximate surface area is 98.8 Å². The second kappa shape index (κ2) is 4.41. The molecule has 0 heterocycles. The first-order chi connectivity index (χ1) is 8.08. The Morgan fingerprint density at radius 2 is 2.18 bits per heavy atom. The van der Waals surface area contributed by atoms with Gasteiger partial charge in [0.05, 0.1) is 4.92 Å². The summed E-state index contributed by atoms with van der Waals surface area (Å²) < 4.78 is 13.9. The molecule has 0 saturated heterocycles. The number of nitro groups is 1. The monoisotopic (exact) mass is 238 g/mol. The van der Waals surface area contributed by atoms with Crippen molar-refractivity contribution < 1.29 is 9.31 Å². The highest BCUT2D eigenvalue weighted by atomic mass is 19.1. The highest BCUT2D eigenvalue weighted by Crippen LogP contribution is 2.43. The number of nitrogens with two attached hydrogens (primary N) is 1. The molecule has 17 heavy (non-hydrogen) atoms. The molecule has 5 heteroatoms. The van der Waals surface area contributed by atoms with Gasteiger partial charge in [0.15, 0.2) is 0 Å². The average molecular weight is 238 g/mol. The first-order valence-electron chi connectivity index (χ1n) is 5.70. The van der Waals surface area contributed by atoms with E-state index in [-0.39, 0.29) is 5.41 Å². The van der Waals surface area contributed by atoms with Crippen molar-refractivity contribution in [2.75, 3.05) is 6.54 Å². The zero-order valence-electron chi connectivity index (χ0n) is 9.49. The van der Waals surface area contributed by atoms with Crippen LogP contribution in [0.3, 0.4) is 0 Å². The molecule has 1 saturated carbocycles. The largest absolute Gasteiger partial charge is 0.330 e. The lowest BCUT2D eigenvalue weighted by Crippen LogP contribution is -2.39. The lowest BCUT2D eigenvalue weighted by atomic mass is 9.65. The Hall–Kier alpha value is -1.49. The van der Waals surface area contributed by atoms with E-state index in [2.05, 4.69) is 0 Å². The summed E-state index contributed by atoms with van der Waals surface area (Å²) in [5.41, 5.74) is 5.62. The van der Waals surface area contributed by atoms with Gasteiger partial charge in [-0.3, -0.25) is 10.1 Å². The van der Waals surface area contributed by atoms with E-state index in [9.17, 15) is 14.5 Å². The van der Waals surface area contributed by atoms with Crippen LogP contribution in [0.2, 0.25) is 0 Å². The summed E-state index contributed by atoms with van der Waals surface area (Å²) in [6.07, 6.45) is 3.56. The van der Waals surface area contributed by atoms with Gasteiger partial charge in [0.25, 0.3) is 0 Å². The fourth-order valence-electron chi connectivity index (χ4n) is 2.38. The summed E-state index contributed by atoms with van der Waals surface area (Å²) in [4.78, 5) is 9.95. The molecule has 0 aliphatic heterocycles. The maximum Gasteiger partial charge on any atom is 0.305 e. The van der Waals surface area contributed by atoms with Gasteiger partial charge in [-0.1, -0.05) is 18.6 Å². The lowest BCUT2D eigenvalue weighted by molar-refractivity contribution is -0.387. The Balaban J connectivity index is 2.27. The molecule has 0 spiro atoms. The van der Waals surface area contributed by atoms with E-state index in [1.165, 1.54) is 12.1 Å². The summed E-state index contributed by atoms with van der Waals surface area (Å²) in [5, 5.41) is 10.6. The molecule has 4 nitrogen and oxygen atoms in total. The smallest absolute Gasteiger partial charge is 0.305 e. The normalized spacial score (nSPS) is 17.5. The number of nitrogens with zero attached hydrogens (tertiary/aromatic N) is 1. The molecule has 0 atom stereocenters. The lowest BCUT2D eigenvalue weighted by Gasteiger charge is -2.41. The summed E-state index contributed by atoms with van der Waals surface area (Å²) >= 11 is 0. The fraction of sp³-hybridized carbons (Fsp3) is 0.500. The molecule has 1 fully saturated rings. The van der Waals surface area contributed by atoms with Gasteiger partial charge in [-0.25, -0.2) is 0 Å². The van der Waals surface area contributed by atoms with Gasteiger partial charge < -0.3 is 5.73 Å². The summed E-state index contributed by atoms with van der Waals surface area (Å²) in [6.45, 7) is 0.509. The van der Waals surface area contributed by atoms with Crippen molar-refractivity contribution >= 4 is 5.69 Å². The Kier molecular flexibility index (Phi) is 3.11. The van der Waals surface area contributed by atoms with Crippen LogP contribution in [0.4, 0.5) is 10.1 Å². The highest BCUT2D eigenvalue weighted by Gasteiger charge is 2.36. The third kappa shape index (κ3) is 2.15. The second-order valence-electron chi connectivity index (χ2n) is 4.74. The third-order valence-corrected chi connectivity index (χ3v) is 3.67. The zero-order chi connectivity index (χ0) is 12.5. The van der Waals surface area contributed by atoms with E-state index >= 15 is 0 Å². The average Bonchev–Trinajstić information content (AvgIpc) is 2.25. The predicted octanol–water partition coefficient (Wildman–Crippen LogP) is 2.41. The summed E-state index contributed by atoms with van der Waals surface area (Å²) in [6, 6.07) is 4.33. The first-order valence-corrected chi connectivity index (χ1v) is 5.70. The van der Waals surface area contributed by atoms with E-state index < -0.39 is 16.4 Å². The van der Waals surface area contributed by atoms with Crippen molar-refractivity contribution in [3.8, 4) is 0 Å². The molecule has 0 unspecified atom stereocenters. The molecule has 1 aliphatic rings. The van der Waals surface area contributed by atoms with Crippen molar-refractivity contribution in [3.63, 3.8) is 0 Å². The van der Waals surface area contributed by atoms with E-state index in [4.69, 9.17) is 5.73 Å². The number of nitro benzene ring substituents is 1.